The average Bonchev–Trinajstić information content (AvgIpc) is 0.758. The van der Waals surface area contributed by atoms with Crippen LogP contribution in [0.3, 0.4) is 0 Å². The van der Waals surface area contributed by atoms with Gasteiger partial charge < -0.3 is 94.9 Å². The maximum atomic E-state index is 13.2. The van der Waals surface area contributed by atoms with Crippen molar-refractivity contribution in [1.82, 2.24) is 0 Å². The third-order valence-corrected chi connectivity index (χ3v) is 32.2. The molecule has 32 heteroatoms. The predicted octanol–water partition coefficient (Wildman–Crippen LogP) is 11.2. The molecule has 4 aliphatic heterocycles. The van der Waals surface area contributed by atoms with Gasteiger partial charge in [-0.2, -0.15) is 0 Å². The molecule has 0 amide bonds. The number of methoxy groups -OCH3 is 4. The predicted molar refractivity (Wildman–Crippen MR) is 425 cm³/mol. The van der Waals surface area contributed by atoms with Gasteiger partial charge in [-0.25, -0.2) is 0 Å². The summed E-state index contributed by atoms with van der Waals surface area (Å²) in [5.74, 6) is -10.6. The molecule has 8 heterocycles. The zero-order valence-corrected chi connectivity index (χ0v) is 73.3. The van der Waals surface area contributed by atoms with Crippen LogP contribution in [0.25, 0.3) is 0 Å². The summed E-state index contributed by atoms with van der Waals surface area (Å²) in [7, 11) is 5.36. The lowest BCUT2D eigenvalue weighted by Crippen LogP contribution is -2.66. The first kappa shape index (κ1) is 92.3. The van der Waals surface area contributed by atoms with E-state index in [-0.39, 0.29) is 73.4 Å². The van der Waals surface area contributed by atoms with E-state index in [0.717, 1.165) is 22.3 Å². The van der Waals surface area contributed by atoms with Crippen molar-refractivity contribution in [3.63, 3.8) is 0 Å². The number of esters is 12. The summed E-state index contributed by atoms with van der Waals surface area (Å²) in [5.41, 5.74) is -2.12. The fourth-order valence-electron chi connectivity index (χ4n) is 26.9. The van der Waals surface area contributed by atoms with Gasteiger partial charge in [0.1, 0.15) is 48.8 Å². The van der Waals surface area contributed by atoms with Crippen LogP contribution in [0.5, 0.6) is 0 Å². The Kier molecular flexibility index (Phi) is 26.1. The Balaban J connectivity index is 0.000000142. The van der Waals surface area contributed by atoms with Crippen LogP contribution in [0.2, 0.25) is 0 Å². The van der Waals surface area contributed by atoms with Crippen molar-refractivity contribution < 1.29 is 152 Å². The highest BCUT2D eigenvalue weighted by Crippen LogP contribution is 2.72. The molecule has 32 nitrogen and oxygen atoms in total. The summed E-state index contributed by atoms with van der Waals surface area (Å²) in [6.45, 7) is 21.1. The van der Waals surface area contributed by atoms with Crippen LogP contribution in [-0.2, 0) is 114 Å². The second-order valence-electron chi connectivity index (χ2n) is 38.9. The maximum Gasteiger partial charge on any atom is 0.310 e. The number of fused-ring (bicyclic) bond motifs is 12. The molecule has 0 spiro atoms. The average molecular weight is 1740 g/mol. The molecule has 12 aliphatic rings. The summed E-state index contributed by atoms with van der Waals surface area (Å²) in [5, 5.41) is 44.1. The highest BCUT2D eigenvalue weighted by molar-refractivity contribution is 5.81. The second-order valence-corrected chi connectivity index (χ2v) is 38.9. The minimum absolute atomic E-state index is 0.147. The van der Waals surface area contributed by atoms with Crippen LogP contribution < -0.4 is 0 Å². The molecule has 4 aromatic heterocycles. The third-order valence-electron chi connectivity index (χ3n) is 32.2. The summed E-state index contributed by atoms with van der Waals surface area (Å²) >= 11 is 0. The molecule has 4 aromatic rings. The van der Waals surface area contributed by atoms with E-state index in [1.54, 1.807) is 49.3 Å². The number of aliphatic hydroxyl groups is 4. The van der Waals surface area contributed by atoms with Crippen molar-refractivity contribution in [2.24, 2.45) is 114 Å². The maximum absolute atomic E-state index is 13.2. The van der Waals surface area contributed by atoms with E-state index in [2.05, 4.69) is 0 Å². The normalized spacial score (nSPS) is 42.0. The van der Waals surface area contributed by atoms with Crippen LogP contribution in [0.4, 0.5) is 0 Å². The van der Waals surface area contributed by atoms with Gasteiger partial charge in [0.2, 0.25) is 0 Å². The molecule has 4 saturated heterocycles. The highest BCUT2D eigenvalue weighted by atomic mass is 16.6. The van der Waals surface area contributed by atoms with Crippen molar-refractivity contribution in [2.45, 2.75) is 259 Å². The number of hydrogen-bond donors (Lipinski definition) is 4. The molecule has 32 atom stereocenters. The Morgan fingerprint density at radius 1 is 0.331 bits per heavy atom. The Morgan fingerprint density at radius 3 is 0.887 bits per heavy atom. The number of aliphatic hydroxyl groups excluding tert-OH is 4. The zero-order valence-electron chi connectivity index (χ0n) is 73.3. The van der Waals surface area contributed by atoms with E-state index in [1.165, 1.54) is 81.2 Å². The minimum atomic E-state index is -1.04. The Labute approximate surface area is 719 Å². The summed E-state index contributed by atoms with van der Waals surface area (Å²) in [4.78, 5) is 151. The third kappa shape index (κ3) is 16.2. The van der Waals surface area contributed by atoms with Gasteiger partial charge in [0.25, 0.3) is 0 Å². The summed E-state index contributed by atoms with van der Waals surface area (Å²) < 4.78 is 86.7. The van der Waals surface area contributed by atoms with E-state index < -0.39 is 212 Å². The minimum Gasteiger partial charge on any atom is -0.472 e. The van der Waals surface area contributed by atoms with Crippen molar-refractivity contribution >= 4 is 71.6 Å². The highest BCUT2D eigenvalue weighted by Gasteiger charge is 2.73. The molecule has 0 bridgehead atoms. The molecule has 124 heavy (non-hydrogen) atoms. The molecule has 0 aromatic carbocycles. The van der Waals surface area contributed by atoms with Gasteiger partial charge in [0, 0.05) is 80.5 Å². The topological polar surface area (TPSA) is 449 Å². The molecule has 680 valence electrons. The number of carbonyl (C=O) groups is 12. The summed E-state index contributed by atoms with van der Waals surface area (Å²) in [6, 6.07) is 7.06. The number of rotatable bonds is 12. The first-order chi connectivity index (χ1) is 58.5. The van der Waals surface area contributed by atoms with Crippen LogP contribution >= 0.6 is 0 Å². The van der Waals surface area contributed by atoms with Gasteiger partial charge in [-0.1, -0.05) is 55.4 Å². The van der Waals surface area contributed by atoms with E-state index in [0.29, 0.717) is 77.0 Å². The second kappa shape index (κ2) is 35.1. The molecule has 8 aliphatic carbocycles. The molecule has 8 saturated carbocycles. The van der Waals surface area contributed by atoms with Crippen molar-refractivity contribution in [2.75, 3.05) is 28.4 Å². The summed E-state index contributed by atoms with van der Waals surface area (Å²) in [6.07, 6.45) is 9.89. The van der Waals surface area contributed by atoms with E-state index in [4.69, 9.17) is 74.5 Å². The number of carbonyl (C=O) groups excluding carboxylic acids is 12. The lowest BCUT2D eigenvalue weighted by molar-refractivity contribution is -0.246. The smallest absolute Gasteiger partial charge is 0.310 e. The SMILES string of the molecule is COC(=O)[C@@H]1C[C@H](O)[C@H](O)C2[C@@]1(C)CC[C@H]1C(=O)O[C@H](c3ccoc3)C[C@]21C.COC(=O)[C@@H]1C[C@H](O)[C@H](OC(C)=O)C2[C@@]1(C)CC[C@H]1C(=O)O[C@H](c3ccoc3)C[C@]21C.COC(=O)[C@@H]1C[C@H](OC(C)=O)[C@H](O)C2[C@@]1(C)CC[C@H]1C(=O)O[C@H](c3ccoc3)C[C@]21C.COC(=O)[C@@H]1C[C@H](OC(C)=O)[C@H](OC(C)=O)C2[C@@]1(C)CC[C@H]1C(=O)O[C@H](c3ccoc3)C[C@]21C. The van der Waals surface area contributed by atoms with Crippen molar-refractivity contribution in [3.8, 4) is 0 Å². The van der Waals surface area contributed by atoms with Gasteiger partial charge in [0.05, 0.1) is 150 Å². The number of hydrogen-bond acceptors (Lipinski definition) is 32. The first-order valence-electron chi connectivity index (χ1n) is 43.1. The van der Waals surface area contributed by atoms with E-state index in [9.17, 15) is 78.0 Å². The van der Waals surface area contributed by atoms with Crippen LogP contribution in [0, 0.1) is 114 Å². The van der Waals surface area contributed by atoms with Gasteiger partial charge >= 0.3 is 71.6 Å². The molecule has 0 radical (unpaired) electrons. The van der Waals surface area contributed by atoms with E-state index in [1.807, 2.05) is 55.4 Å². The van der Waals surface area contributed by atoms with Gasteiger partial charge in [-0.05, 0) is 163 Å². The van der Waals surface area contributed by atoms with Gasteiger partial charge in [0.15, 0.2) is 0 Å². The lowest BCUT2D eigenvalue weighted by atomic mass is 9.42. The Bertz CT molecular complexity index is 4590. The van der Waals surface area contributed by atoms with Crippen LogP contribution in [-0.4, -0.2) is 169 Å². The Hall–Kier alpha value is -9.40. The molecular formula is C92H120O32. The molecule has 4 unspecified atom stereocenters. The van der Waals surface area contributed by atoms with Gasteiger partial charge in [-0.15, -0.1) is 0 Å². The standard InChI is InChI=1S/C25H32O9.2C23H30O8.C21H28O7/c1-13(26)32-18-10-17(22(28)30-5)24(3)8-6-16-23(29)34-19(15-7-9-31-12-15)11-25(16,4)21(24)20(18)33-14(2)27;1-12(24)30-16-9-15(20(26)28-4)22(2)7-5-14-21(27)31-17(13-6-8-29-11-13)10-23(14,3)19(22)18(16)25;1-12(24)30-18-16(25)9-15(20(26)28-4)22(2)7-5-14-21(27)31-17(13-6-8-29-11-13)10-23(14,3)19(18)22;1-20-6-4-12-19(25)28-15(11-5-7-27-10-11)9-21(12,2)17(20)16(23)14(22)8-13(20)18(24)26-3/h7,9,12,16-21H,6,8,10-11H2,1-5H3;2*6,8,11,14-19,25H,5,7,9-10H2,1-4H3;5,7,10,12-17,22-23H,4,6,8-9H2,1-3H3/t16-,17-,18-,19-,20-,21?,24-,25-;2*14-,15-,16-,17-,18-,19?,22-,23-;12-,13-,14-,15-,16-,17?,20-,21-/m0000/s1. The number of furan rings is 4. The zero-order chi connectivity index (χ0) is 90.2. The fraction of sp³-hybridized carbons (Fsp3) is 0.696. The molecule has 16 rings (SSSR count). The molecular weight excluding hydrogens is 1620 g/mol. The first-order valence-corrected chi connectivity index (χ1v) is 43.1. The largest absolute Gasteiger partial charge is 0.472 e. The van der Waals surface area contributed by atoms with Crippen molar-refractivity contribution in [3.05, 3.63) is 96.6 Å². The quantitative estimate of drug-likeness (QED) is 0.0756. The Morgan fingerprint density at radius 2 is 0.589 bits per heavy atom. The van der Waals surface area contributed by atoms with Crippen LogP contribution in [0.1, 0.15) is 232 Å². The van der Waals surface area contributed by atoms with E-state index >= 15 is 0 Å². The number of ether oxygens (including phenoxy) is 12. The monoisotopic (exact) mass is 1740 g/mol. The molecule has 12 fully saturated rings. The fourth-order valence-corrected chi connectivity index (χ4v) is 26.9. The molecule has 4 N–H and O–H groups in total. The lowest BCUT2D eigenvalue weighted by Gasteiger charge is -2.63. The van der Waals surface area contributed by atoms with Crippen LogP contribution in [0.15, 0.2) is 92.0 Å². The number of cyclic esters (lactones) is 4. The van der Waals surface area contributed by atoms with Crippen molar-refractivity contribution in [1.29, 1.82) is 0 Å². The van der Waals surface area contributed by atoms with Gasteiger partial charge in [-0.3, -0.25) is 57.5 Å².